The number of hydrogen-bond donors (Lipinski definition) is 1. The Labute approximate surface area is 149 Å². The SMILES string of the molecule is COCc1ccc(C(=O)OCC(=O)Nc2cc(Cl)ccc2Cl)cc1. The van der Waals surface area contributed by atoms with Crippen molar-refractivity contribution in [3.63, 3.8) is 0 Å². The zero-order valence-electron chi connectivity index (χ0n) is 12.8. The van der Waals surface area contributed by atoms with Crippen molar-refractivity contribution in [2.75, 3.05) is 19.0 Å². The molecule has 24 heavy (non-hydrogen) atoms. The molecular weight excluding hydrogens is 353 g/mol. The number of esters is 1. The van der Waals surface area contributed by atoms with E-state index in [2.05, 4.69) is 5.32 Å². The predicted octanol–water partition coefficient (Wildman–Crippen LogP) is 3.94. The van der Waals surface area contributed by atoms with E-state index in [4.69, 9.17) is 32.7 Å². The summed E-state index contributed by atoms with van der Waals surface area (Å²) in [7, 11) is 1.59. The number of amides is 1. The van der Waals surface area contributed by atoms with Crippen LogP contribution in [0.4, 0.5) is 5.69 Å². The molecule has 0 unspecified atom stereocenters. The van der Waals surface area contributed by atoms with Gasteiger partial charge >= 0.3 is 5.97 Å². The molecule has 7 heteroatoms. The van der Waals surface area contributed by atoms with Crippen molar-refractivity contribution in [1.29, 1.82) is 0 Å². The minimum atomic E-state index is -0.591. The minimum absolute atomic E-state index is 0.341. The highest BCUT2D eigenvalue weighted by Gasteiger charge is 2.12. The molecule has 2 aromatic carbocycles. The Kier molecular flexibility index (Phi) is 6.61. The topological polar surface area (TPSA) is 64.6 Å². The van der Waals surface area contributed by atoms with Gasteiger partial charge in [-0.05, 0) is 35.9 Å². The maximum Gasteiger partial charge on any atom is 0.338 e. The van der Waals surface area contributed by atoms with E-state index in [0.717, 1.165) is 5.56 Å². The molecule has 2 rings (SSSR count). The van der Waals surface area contributed by atoms with Crippen molar-refractivity contribution in [2.24, 2.45) is 0 Å². The number of rotatable bonds is 6. The first-order valence-corrected chi connectivity index (χ1v) is 7.75. The Morgan fingerprint density at radius 1 is 1.08 bits per heavy atom. The summed E-state index contributed by atoms with van der Waals surface area (Å²) >= 11 is 11.8. The van der Waals surface area contributed by atoms with E-state index in [1.807, 2.05) is 0 Å². The van der Waals surface area contributed by atoms with E-state index < -0.39 is 18.5 Å². The van der Waals surface area contributed by atoms with Crippen LogP contribution in [-0.2, 0) is 20.9 Å². The maximum absolute atomic E-state index is 11.9. The lowest BCUT2D eigenvalue weighted by atomic mass is 10.1. The summed E-state index contributed by atoms with van der Waals surface area (Å²) in [5, 5.41) is 3.31. The van der Waals surface area contributed by atoms with E-state index in [-0.39, 0.29) is 0 Å². The highest BCUT2D eigenvalue weighted by Crippen LogP contribution is 2.25. The Bertz CT molecular complexity index is 732. The van der Waals surface area contributed by atoms with Crippen LogP contribution in [0.2, 0.25) is 10.0 Å². The van der Waals surface area contributed by atoms with E-state index >= 15 is 0 Å². The number of methoxy groups -OCH3 is 1. The second kappa shape index (κ2) is 8.68. The van der Waals surface area contributed by atoms with E-state index in [9.17, 15) is 9.59 Å². The highest BCUT2D eigenvalue weighted by atomic mass is 35.5. The summed E-state index contributed by atoms with van der Waals surface area (Å²) in [5.41, 5.74) is 1.64. The van der Waals surface area contributed by atoms with Crippen molar-refractivity contribution in [3.8, 4) is 0 Å². The lowest BCUT2D eigenvalue weighted by molar-refractivity contribution is -0.119. The molecule has 0 spiro atoms. The van der Waals surface area contributed by atoms with Gasteiger partial charge in [-0.1, -0.05) is 35.3 Å². The molecule has 0 aliphatic rings. The number of nitrogens with one attached hydrogen (secondary N) is 1. The average Bonchev–Trinajstić information content (AvgIpc) is 2.57. The fourth-order valence-electron chi connectivity index (χ4n) is 1.90. The molecule has 0 saturated carbocycles. The smallest absolute Gasteiger partial charge is 0.338 e. The molecule has 0 aromatic heterocycles. The first kappa shape index (κ1) is 18.3. The number of carbonyl (C=O) groups is 2. The largest absolute Gasteiger partial charge is 0.452 e. The standard InChI is InChI=1S/C17H15Cl2NO4/c1-23-9-11-2-4-12(5-3-11)17(22)24-10-16(21)20-15-8-13(18)6-7-14(15)19/h2-8H,9-10H2,1H3,(H,20,21). The summed E-state index contributed by atoms with van der Waals surface area (Å²) in [6, 6.07) is 11.4. The summed E-state index contributed by atoms with van der Waals surface area (Å²) < 4.78 is 9.97. The van der Waals surface area contributed by atoms with Crippen molar-refractivity contribution in [3.05, 3.63) is 63.6 Å². The molecule has 0 atom stereocenters. The molecule has 0 bridgehead atoms. The van der Waals surface area contributed by atoms with Gasteiger partial charge in [0.15, 0.2) is 6.61 Å². The molecular formula is C17H15Cl2NO4. The second-order valence-corrected chi connectivity index (χ2v) is 5.72. The van der Waals surface area contributed by atoms with Crippen molar-refractivity contribution in [1.82, 2.24) is 0 Å². The highest BCUT2D eigenvalue weighted by molar-refractivity contribution is 6.35. The Balaban J connectivity index is 1.88. The lowest BCUT2D eigenvalue weighted by Crippen LogP contribution is -2.21. The van der Waals surface area contributed by atoms with Crippen molar-refractivity contribution >= 4 is 40.8 Å². The zero-order valence-corrected chi connectivity index (χ0v) is 14.4. The molecule has 0 aliphatic heterocycles. The Morgan fingerprint density at radius 3 is 2.46 bits per heavy atom. The normalized spacial score (nSPS) is 10.3. The number of anilines is 1. The third kappa shape index (κ3) is 5.23. The van der Waals surface area contributed by atoms with Gasteiger partial charge in [-0.3, -0.25) is 4.79 Å². The molecule has 0 saturated heterocycles. The van der Waals surface area contributed by atoms with Crippen LogP contribution in [-0.4, -0.2) is 25.6 Å². The van der Waals surface area contributed by atoms with Gasteiger partial charge in [-0.15, -0.1) is 0 Å². The fraction of sp³-hybridized carbons (Fsp3) is 0.176. The van der Waals surface area contributed by atoms with Crippen molar-refractivity contribution < 1.29 is 19.1 Å². The van der Waals surface area contributed by atoms with E-state index in [0.29, 0.717) is 27.9 Å². The molecule has 0 radical (unpaired) electrons. The van der Waals surface area contributed by atoms with Gasteiger partial charge in [-0.2, -0.15) is 0 Å². The molecule has 0 aliphatic carbocycles. The fourth-order valence-corrected chi connectivity index (χ4v) is 2.23. The van der Waals surface area contributed by atoms with Gasteiger partial charge in [-0.25, -0.2) is 4.79 Å². The number of ether oxygens (including phenoxy) is 2. The van der Waals surface area contributed by atoms with E-state index in [1.54, 1.807) is 43.5 Å². The lowest BCUT2D eigenvalue weighted by Gasteiger charge is -2.09. The quantitative estimate of drug-likeness (QED) is 0.785. The van der Waals surface area contributed by atoms with Gasteiger partial charge in [0, 0.05) is 12.1 Å². The van der Waals surface area contributed by atoms with Crippen LogP contribution >= 0.6 is 23.2 Å². The Morgan fingerprint density at radius 2 is 1.79 bits per heavy atom. The van der Waals surface area contributed by atoms with Crippen LogP contribution in [0, 0.1) is 0 Å². The van der Waals surface area contributed by atoms with Gasteiger partial charge in [0.25, 0.3) is 5.91 Å². The van der Waals surface area contributed by atoms with E-state index in [1.165, 1.54) is 6.07 Å². The summed E-state index contributed by atoms with van der Waals surface area (Å²) in [4.78, 5) is 23.8. The molecule has 1 amide bonds. The molecule has 1 N–H and O–H groups in total. The van der Waals surface area contributed by atoms with Gasteiger partial charge in [0.1, 0.15) is 0 Å². The Hall–Kier alpha value is -2.08. The molecule has 2 aromatic rings. The molecule has 126 valence electrons. The van der Waals surface area contributed by atoms with Gasteiger partial charge in [0.05, 0.1) is 22.9 Å². The van der Waals surface area contributed by atoms with Gasteiger partial charge in [0.2, 0.25) is 0 Å². The monoisotopic (exact) mass is 367 g/mol. The number of carbonyl (C=O) groups excluding carboxylic acids is 2. The van der Waals surface area contributed by atoms with Crippen LogP contribution in [0.1, 0.15) is 15.9 Å². The van der Waals surface area contributed by atoms with Gasteiger partial charge < -0.3 is 14.8 Å². The first-order valence-electron chi connectivity index (χ1n) is 6.99. The third-order valence-corrected chi connectivity index (χ3v) is 3.60. The minimum Gasteiger partial charge on any atom is -0.452 e. The van der Waals surface area contributed by atoms with Crippen LogP contribution < -0.4 is 5.32 Å². The molecule has 0 heterocycles. The molecule has 0 fully saturated rings. The van der Waals surface area contributed by atoms with Crippen LogP contribution in [0.3, 0.4) is 0 Å². The van der Waals surface area contributed by atoms with Crippen molar-refractivity contribution in [2.45, 2.75) is 6.61 Å². The van der Waals surface area contributed by atoms with Crippen LogP contribution in [0.5, 0.6) is 0 Å². The number of hydrogen-bond acceptors (Lipinski definition) is 4. The molecule has 5 nitrogen and oxygen atoms in total. The summed E-state index contributed by atoms with van der Waals surface area (Å²) in [6.45, 7) is 0.0274. The first-order chi connectivity index (χ1) is 11.5. The second-order valence-electron chi connectivity index (χ2n) is 4.88. The summed E-state index contributed by atoms with van der Waals surface area (Å²) in [6.07, 6.45) is 0. The van der Waals surface area contributed by atoms with Crippen LogP contribution in [0.15, 0.2) is 42.5 Å². The summed E-state index contributed by atoms with van der Waals surface area (Å²) in [5.74, 6) is -1.10. The zero-order chi connectivity index (χ0) is 17.5. The third-order valence-electron chi connectivity index (χ3n) is 3.04. The predicted molar refractivity (Wildman–Crippen MR) is 92.5 cm³/mol. The average molecular weight is 368 g/mol. The maximum atomic E-state index is 11.9. The van der Waals surface area contributed by atoms with Crippen LogP contribution in [0.25, 0.3) is 0 Å². The number of benzene rings is 2. The number of halogens is 2.